The van der Waals surface area contributed by atoms with Gasteiger partial charge < -0.3 is 15.5 Å². The van der Waals surface area contributed by atoms with Crippen LogP contribution < -0.4 is 10.6 Å². The number of anilines is 1. The van der Waals surface area contributed by atoms with Gasteiger partial charge in [0.2, 0.25) is 5.91 Å². The Hall–Kier alpha value is -2.00. The molecule has 2 N–H and O–H groups in total. The number of rotatable bonds is 8. The predicted octanol–water partition coefficient (Wildman–Crippen LogP) is 4.26. The molecule has 0 aromatic heterocycles. The largest absolute Gasteiger partial charge is 0.416 e. The summed E-state index contributed by atoms with van der Waals surface area (Å²) >= 11 is 0.982. The molecule has 0 unspecified atom stereocenters. The fourth-order valence-corrected chi connectivity index (χ4v) is 3.88. The Balaban J connectivity index is 1.95. The number of halogens is 3. The standard InChI is InChI=1S/C20H26F3N3O2S/c1-4-26(5-2)10-6-7-13(3)24-18(27)12-17-19(28)25-15-11-14(20(21,22)23)8-9-16(15)29-17/h8-9,11-13H,4-7,10H2,1-3H3,(H,24,27)(H,25,28)/b17-12-/t13-/m0/s1. The van der Waals surface area contributed by atoms with Crippen molar-refractivity contribution in [3.05, 3.63) is 34.7 Å². The van der Waals surface area contributed by atoms with Gasteiger partial charge in [0.05, 0.1) is 16.2 Å². The first-order valence-electron chi connectivity index (χ1n) is 9.59. The van der Waals surface area contributed by atoms with Gasteiger partial charge in [0, 0.05) is 17.0 Å². The summed E-state index contributed by atoms with van der Waals surface area (Å²) in [7, 11) is 0. The zero-order valence-electron chi connectivity index (χ0n) is 16.7. The minimum Gasteiger partial charge on any atom is -0.350 e. The van der Waals surface area contributed by atoms with Crippen LogP contribution in [0.1, 0.15) is 39.2 Å². The Labute approximate surface area is 173 Å². The maximum absolute atomic E-state index is 12.8. The molecule has 9 heteroatoms. The maximum atomic E-state index is 12.8. The predicted molar refractivity (Wildman–Crippen MR) is 109 cm³/mol. The van der Waals surface area contributed by atoms with Gasteiger partial charge in [-0.05, 0) is 57.6 Å². The molecule has 160 valence electrons. The number of nitrogens with zero attached hydrogens (tertiary/aromatic N) is 1. The van der Waals surface area contributed by atoms with Crippen LogP contribution in [-0.4, -0.2) is 42.4 Å². The van der Waals surface area contributed by atoms with Crippen molar-refractivity contribution >= 4 is 29.3 Å². The number of alkyl halides is 3. The molecular weight excluding hydrogens is 403 g/mol. The second-order valence-corrected chi connectivity index (χ2v) is 7.94. The molecule has 5 nitrogen and oxygen atoms in total. The molecule has 0 saturated carbocycles. The zero-order chi connectivity index (χ0) is 21.6. The van der Waals surface area contributed by atoms with Gasteiger partial charge in [-0.25, -0.2) is 0 Å². The SMILES string of the molecule is CCN(CC)CCC[C@H](C)NC(=O)/C=C1\Sc2ccc(C(F)(F)F)cc2NC1=O. The lowest BCUT2D eigenvalue weighted by Gasteiger charge is -2.21. The summed E-state index contributed by atoms with van der Waals surface area (Å²) in [6.07, 6.45) is -1.53. The molecular formula is C20H26F3N3O2S. The van der Waals surface area contributed by atoms with Crippen molar-refractivity contribution in [1.29, 1.82) is 0 Å². The third-order valence-corrected chi connectivity index (χ3v) is 5.75. The van der Waals surface area contributed by atoms with E-state index >= 15 is 0 Å². The number of carbonyl (C=O) groups excluding carboxylic acids is 2. The van der Waals surface area contributed by atoms with Gasteiger partial charge in [0.1, 0.15) is 0 Å². The lowest BCUT2D eigenvalue weighted by Crippen LogP contribution is -2.33. The fourth-order valence-electron chi connectivity index (χ4n) is 2.97. The van der Waals surface area contributed by atoms with Crippen LogP contribution in [0.2, 0.25) is 0 Å². The number of nitrogens with one attached hydrogen (secondary N) is 2. The number of fused-ring (bicyclic) bond motifs is 1. The van der Waals surface area contributed by atoms with Gasteiger partial charge >= 0.3 is 6.18 Å². The smallest absolute Gasteiger partial charge is 0.350 e. The van der Waals surface area contributed by atoms with Crippen molar-refractivity contribution in [2.75, 3.05) is 25.0 Å². The first-order chi connectivity index (χ1) is 13.6. The van der Waals surface area contributed by atoms with E-state index in [1.54, 1.807) is 0 Å². The summed E-state index contributed by atoms with van der Waals surface area (Å²) in [5.74, 6) is -0.987. The van der Waals surface area contributed by atoms with Gasteiger partial charge in [0.15, 0.2) is 0 Å². The second-order valence-electron chi connectivity index (χ2n) is 6.85. The molecule has 1 aromatic rings. The maximum Gasteiger partial charge on any atom is 0.416 e. The van der Waals surface area contributed by atoms with Crippen molar-refractivity contribution < 1.29 is 22.8 Å². The molecule has 0 saturated heterocycles. The summed E-state index contributed by atoms with van der Waals surface area (Å²) in [4.78, 5) is 27.3. The molecule has 2 rings (SSSR count). The van der Waals surface area contributed by atoms with Crippen LogP contribution >= 0.6 is 11.8 Å². The number of benzene rings is 1. The lowest BCUT2D eigenvalue weighted by molar-refractivity contribution is -0.137. The van der Waals surface area contributed by atoms with E-state index in [1.807, 2.05) is 6.92 Å². The molecule has 0 aliphatic carbocycles. The topological polar surface area (TPSA) is 61.4 Å². The minimum absolute atomic E-state index is 0.0480. The molecule has 29 heavy (non-hydrogen) atoms. The molecule has 0 spiro atoms. The van der Waals surface area contributed by atoms with Crippen molar-refractivity contribution in [2.24, 2.45) is 0 Å². The molecule has 0 radical (unpaired) electrons. The quantitative estimate of drug-likeness (QED) is 0.606. The average molecular weight is 430 g/mol. The summed E-state index contributed by atoms with van der Waals surface area (Å²) < 4.78 is 38.4. The number of hydrogen-bond acceptors (Lipinski definition) is 4. The Morgan fingerprint density at radius 1 is 1.31 bits per heavy atom. The van der Waals surface area contributed by atoms with E-state index in [9.17, 15) is 22.8 Å². The first kappa shape index (κ1) is 23.3. The number of thioether (sulfide) groups is 1. The van der Waals surface area contributed by atoms with Crippen molar-refractivity contribution in [3.8, 4) is 0 Å². The zero-order valence-corrected chi connectivity index (χ0v) is 17.5. The van der Waals surface area contributed by atoms with E-state index in [4.69, 9.17) is 0 Å². The highest BCUT2D eigenvalue weighted by atomic mass is 32.2. The fraction of sp³-hybridized carbons (Fsp3) is 0.500. The lowest BCUT2D eigenvalue weighted by atomic mass is 10.1. The summed E-state index contributed by atoms with van der Waals surface area (Å²) in [6.45, 7) is 9.05. The van der Waals surface area contributed by atoms with Crippen LogP contribution in [0.15, 0.2) is 34.1 Å². The molecule has 2 amide bonds. The minimum atomic E-state index is -4.48. The Kier molecular flexibility index (Phi) is 8.15. The van der Waals surface area contributed by atoms with Gasteiger partial charge in [-0.1, -0.05) is 25.6 Å². The summed E-state index contributed by atoms with van der Waals surface area (Å²) in [6, 6.07) is 3.10. The van der Waals surface area contributed by atoms with Crippen LogP contribution in [0.5, 0.6) is 0 Å². The van der Waals surface area contributed by atoms with Crippen LogP contribution in [0, 0.1) is 0 Å². The van der Waals surface area contributed by atoms with Crippen molar-refractivity contribution in [2.45, 2.75) is 50.7 Å². The van der Waals surface area contributed by atoms with E-state index in [0.717, 1.165) is 56.4 Å². The Morgan fingerprint density at radius 3 is 2.62 bits per heavy atom. The van der Waals surface area contributed by atoms with Gasteiger partial charge in [-0.3, -0.25) is 9.59 Å². The van der Waals surface area contributed by atoms with E-state index in [0.29, 0.717) is 4.90 Å². The van der Waals surface area contributed by atoms with Crippen LogP contribution in [0.4, 0.5) is 18.9 Å². The van der Waals surface area contributed by atoms with Crippen molar-refractivity contribution in [1.82, 2.24) is 10.2 Å². The Morgan fingerprint density at radius 2 is 2.00 bits per heavy atom. The molecule has 1 aromatic carbocycles. The molecule has 0 fully saturated rings. The second kappa shape index (κ2) is 10.2. The molecule has 0 bridgehead atoms. The van der Waals surface area contributed by atoms with E-state index in [2.05, 4.69) is 29.4 Å². The van der Waals surface area contributed by atoms with Gasteiger partial charge in [-0.2, -0.15) is 13.2 Å². The molecule has 1 heterocycles. The third kappa shape index (κ3) is 6.78. The number of carbonyl (C=O) groups is 2. The molecule has 1 aliphatic rings. The highest BCUT2D eigenvalue weighted by Crippen LogP contribution is 2.41. The van der Waals surface area contributed by atoms with E-state index in [-0.39, 0.29) is 16.6 Å². The highest BCUT2D eigenvalue weighted by Gasteiger charge is 2.32. The van der Waals surface area contributed by atoms with E-state index < -0.39 is 23.6 Å². The first-order valence-corrected chi connectivity index (χ1v) is 10.4. The molecule has 1 aliphatic heterocycles. The van der Waals surface area contributed by atoms with Gasteiger partial charge in [0.25, 0.3) is 5.91 Å². The monoisotopic (exact) mass is 429 g/mol. The van der Waals surface area contributed by atoms with Crippen LogP contribution in [0.25, 0.3) is 0 Å². The Bertz CT molecular complexity index is 777. The highest BCUT2D eigenvalue weighted by molar-refractivity contribution is 8.04. The normalized spacial score (nSPS) is 16.5. The summed E-state index contributed by atoms with van der Waals surface area (Å²) in [5.41, 5.74) is -0.738. The van der Waals surface area contributed by atoms with Crippen molar-refractivity contribution in [3.63, 3.8) is 0 Å². The number of amides is 2. The van der Waals surface area contributed by atoms with Crippen LogP contribution in [0.3, 0.4) is 0 Å². The average Bonchev–Trinajstić information content (AvgIpc) is 2.64. The van der Waals surface area contributed by atoms with Gasteiger partial charge in [-0.15, -0.1) is 0 Å². The van der Waals surface area contributed by atoms with E-state index in [1.165, 1.54) is 12.1 Å². The molecule has 1 atom stereocenters. The number of hydrogen-bond donors (Lipinski definition) is 2. The van der Waals surface area contributed by atoms with Crippen LogP contribution in [-0.2, 0) is 15.8 Å². The third-order valence-electron chi connectivity index (χ3n) is 4.66. The summed E-state index contributed by atoms with van der Waals surface area (Å²) in [5, 5.41) is 5.26.